The quantitative estimate of drug-likeness (QED) is 0.550. The van der Waals surface area contributed by atoms with Gasteiger partial charge in [0.2, 0.25) is 0 Å². The fraction of sp³-hybridized carbons (Fsp3) is 0. The molecule has 0 heterocycles. The lowest BCUT2D eigenvalue weighted by Gasteiger charge is -2.03. The van der Waals surface area contributed by atoms with Crippen LogP contribution in [0.5, 0.6) is 0 Å². The predicted octanol–water partition coefficient (Wildman–Crippen LogP) is 2.06. The van der Waals surface area contributed by atoms with Gasteiger partial charge < -0.3 is 11.5 Å². The number of hydrogen-bond donors (Lipinski definition) is 2. The molecule has 0 aliphatic rings. The molecular formula is C6H6I2N2. The number of halogens is 2. The first-order valence-electron chi connectivity index (χ1n) is 2.62. The van der Waals surface area contributed by atoms with E-state index in [0.717, 1.165) is 18.5 Å². The maximum atomic E-state index is 5.69. The minimum Gasteiger partial charge on any atom is -0.398 e. The van der Waals surface area contributed by atoms with Gasteiger partial charge in [-0.3, -0.25) is 0 Å². The molecule has 0 saturated carbocycles. The Bertz CT molecular complexity index is 233. The first kappa shape index (κ1) is 8.38. The molecule has 0 aliphatic heterocycles. The van der Waals surface area contributed by atoms with E-state index in [0.29, 0.717) is 0 Å². The minimum absolute atomic E-state index is 0.749. The smallest absolute Gasteiger partial charge is 0.0606 e. The molecule has 0 aliphatic carbocycles. The molecule has 0 spiro atoms. The lowest BCUT2D eigenvalue weighted by atomic mass is 10.3. The molecule has 4 heteroatoms. The van der Waals surface area contributed by atoms with E-state index in [1.54, 1.807) is 0 Å². The van der Waals surface area contributed by atoms with Gasteiger partial charge in [-0.15, -0.1) is 0 Å². The Balaban J connectivity index is 3.34. The maximum absolute atomic E-state index is 5.69. The lowest BCUT2D eigenvalue weighted by molar-refractivity contribution is 1.57. The van der Waals surface area contributed by atoms with Crippen molar-refractivity contribution >= 4 is 56.6 Å². The summed E-state index contributed by atoms with van der Waals surface area (Å²) in [5, 5.41) is 0. The Hall–Kier alpha value is 0.280. The Morgan fingerprint density at radius 3 is 2.20 bits per heavy atom. The molecule has 1 rings (SSSR count). The molecule has 54 valence electrons. The molecule has 0 atom stereocenters. The van der Waals surface area contributed by atoms with Gasteiger partial charge in [0, 0.05) is 9.26 Å². The van der Waals surface area contributed by atoms with Gasteiger partial charge in [0.05, 0.1) is 9.26 Å². The first-order valence-corrected chi connectivity index (χ1v) is 4.77. The molecule has 0 bridgehead atoms. The van der Waals surface area contributed by atoms with Crippen molar-refractivity contribution in [3.8, 4) is 0 Å². The summed E-state index contributed by atoms with van der Waals surface area (Å²) in [4.78, 5) is 0. The van der Waals surface area contributed by atoms with E-state index in [2.05, 4.69) is 45.2 Å². The van der Waals surface area contributed by atoms with Crippen LogP contribution in [0.1, 0.15) is 0 Å². The van der Waals surface area contributed by atoms with Gasteiger partial charge in [0.1, 0.15) is 0 Å². The summed E-state index contributed by atoms with van der Waals surface area (Å²) in [5.41, 5.74) is 12.8. The van der Waals surface area contributed by atoms with E-state index in [-0.39, 0.29) is 0 Å². The van der Waals surface area contributed by atoms with Crippen LogP contribution >= 0.6 is 45.2 Å². The van der Waals surface area contributed by atoms with Crippen molar-refractivity contribution < 1.29 is 0 Å². The summed E-state index contributed by atoms with van der Waals surface area (Å²) >= 11 is 4.32. The molecule has 0 aromatic heterocycles. The third kappa shape index (κ3) is 1.47. The molecule has 10 heavy (non-hydrogen) atoms. The average Bonchev–Trinajstić information content (AvgIpc) is 1.93. The molecule has 0 radical (unpaired) electrons. The third-order valence-corrected chi connectivity index (χ3v) is 3.30. The summed E-state index contributed by atoms with van der Waals surface area (Å²) < 4.78 is 2.00. The average molecular weight is 360 g/mol. The van der Waals surface area contributed by atoms with Crippen molar-refractivity contribution in [1.29, 1.82) is 0 Å². The number of anilines is 2. The van der Waals surface area contributed by atoms with E-state index in [1.165, 1.54) is 0 Å². The van der Waals surface area contributed by atoms with Crippen molar-refractivity contribution in [2.45, 2.75) is 0 Å². The van der Waals surface area contributed by atoms with E-state index in [9.17, 15) is 0 Å². The van der Waals surface area contributed by atoms with Crippen LogP contribution in [-0.4, -0.2) is 0 Å². The Kier molecular flexibility index (Phi) is 2.61. The van der Waals surface area contributed by atoms with Crippen LogP contribution in [0.3, 0.4) is 0 Å². The molecule has 0 amide bonds. The van der Waals surface area contributed by atoms with Crippen molar-refractivity contribution in [1.82, 2.24) is 0 Å². The van der Waals surface area contributed by atoms with Gasteiger partial charge in [-0.25, -0.2) is 0 Å². The van der Waals surface area contributed by atoms with Crippen LogP contribution in [0.15, 0.2) is 12.1 Å². The van der Waals surface area contributed by atoms with Gasteiger partial charge in [-0.1, -0.05) is 0 Å². The molecule has 2 nitrogen and oxygen atoms in total. The van der Waals surface area contributed by atoms with Crippen LogP contribution in [0.2, 0.25) is 0 Å². The molecule has 0 unspecified atom stereocenters. The zero-order chi connectivity index (χ0) is 7.72. The maximum Gasteiger partial charge on any atom is 0.0606 e. The van der Waals surface area contributed by atoms with Crippen molar-refractivity contribution in [3.05, 3.63) is 19.3 Å². The van der Waals surface area contributed by atoms with Crippen LogP contribution in [-0.2, 0) is 0 Å². The number of hydrogen-bond acceptors (Lipinski definition) is 2. The number of nitrogen functional groups attached to an aromatic ring is 2. The van der Waals surface area contributed by atoms with Gasteiger partial charge in [0.25, 0.3) is 0 Å². The van der Waals surface area contributed by atoms with Crippen LogP contribution in [0.25, 0.3) is 0 Å². The monoisotopic (exact) mass is 360 g/mol. The standard InChI is InChI=1S/C6H6I2N2/c7-3-1-2-4(9)5(8)6(3)10/h1-2H,9-10H2. The number of benzene rings is 1. The second-order valence-corrected chi connectivity index (χ2v) is 4.11. The van der Waals surface area contributed by atoms with Crippen molar-refractivity contribution in [2.24, 2.45) is 0 Å². The molecule has 0 saturated heterocycles. The lowest BCUT2D eigenvalue weighted by Crippen LogP contribution is -1.97. The zero-order valence-electron chi connectivity index (χ0n) is 5.07. The minimum atomic E-state index is 0.749. The highest BCUT2D eigenvalue weighted by molar-refractivity contribution is 14.1. The van der Waals surface area contributed by atoms with E-state index in [1.807, 2.05) is 12.1 Å². The largest absolute Gasteiger partial charge is 0.398 e. The van der Waals surface area contributed by atoms with Crippen LogP contribution in [0.4, 0.5) is 11.4 Å². The van der Waals surface area contributed by atoms with E-state index < -0.39 is 0 Å². The second-order valence-electron chi connectivity index (χ2n) is 1.86. The Morgan fingerprint density at radius 1 is 1.10 bits per heavy atom. The van der Waals surface area contributed by atoms with E-state index >= 15 is 0 Å². The van der Waals surface area contributed by atoms with Crippen molar-refractivity contribution in [3.63, 3.8) is 0 Å². The SMILES string of the molecule is Nc1ccc(I)c(N)c1I. The van der Waals surface area contributed by atoms with Crippen molar-refractivity contribution in [2.75, 3.05) is 11.5 Å². The summed E-state index contributed by atoms with van der Waals surface area (Å²) in [7, 11) is 0. The molecule has 1 aromatic carbocycles. The zero-order valence-corrected chi connectivity index (χ0v) is 9.38. The molecule has 1 aromatic rings. The highest BCUT2D eigenvalue weighted by atomic mass is 127. The van der Waals surface area contributed by atoms with E-state index in [4.69, 9.17) is 11.5 Å². The highest BCUT2D eigenvalue weighted by Gasteiger charge is 2.02. The number of nitrogens with two attached hydrogens (primary N) is 2. The third-order valence-electron chi connectivity index (χ3n) is 1.16. The summed E-state index contributed by atoms with van der Waals surface area (Å²) in [6, 6.07) is 3.77. The fourth-order valence-electron chi connectivity index (χ4n) is 0.586. The highest BCUT2D eigenvalue weighted by Crippen LogP contribution is 2.26. The topological polar surface area (TPSA) is 52.0 Å². The van der Waals surface area contributed by atoms with Crippen LogP contribution < -0.4 is 11.5 Å². The fourth-order valence-corrected chi connectivity index (χ4v) is 2.02. The predicted molar refractivity (Wildman–Crippen MR) is 60.7 cm³/mol. The van der Waals surface area contributed by atoms with Gasteiger partial charge >= 0.3 is 0 Å². The number of rotatable bonds is 0. The van der Waals surface area contributed by atoms with Crippen LogP contribution in [0, 0.1) is 7.14 Å². The molecule has 4 N–H and O–H groups in total. The summed E-state index contributed by atoms with van der Waals surface area (Å²) in [6.45, 7) is 0. The Morgan fingerprint density at radius 2 is 1.70 bits per heavy atom. The second kappa shape index (κ2) is 3.12. The molecule has 0 fully saturated rings. The van der Waals surface area contributed by atoms with Gasteiger partial charge in [0.15, 0.2) is 0 Å². The van der Waals surface area contributed by atoms with Gasteiger partial charge in [-0.05, 0) is 57.3 Å². The summed E-state index contributed by atoms with van der Waals surface area (Å²) in [5.74, 6) is 0. The summed E-state index contributed by atoms with van der Waals surface area (Å²) in [6.07, 6.45) is 0. The molecular weight excluding hydrogens is 354 g/mol. The van der Waals surface area contributed by atoms with Gasteiger partial charge in [-0.2, -0.15) is 0 Å². The normalized spacial score (nSPS) is 9.80. The first-order chi connectivity index (χ1) is 4.63. The Labute approximate surface area is 86.6 Å².